The first kappa shape index (κ1) is 27.3. The maximum absolute atomic E-state index is 6.87. The van der Waals surface area contributed by atoms with E-state index in [1.807, 2.05) is 0 Å². The largest absolute Gasteiger partial charge is 0.376 e. The lowest BCUT2D eigenvalue weighted by Gasteiger charge is -2.48. The predicted octanol–water partition coefficient (Wildman–Crippen LogP) is 8.13. The third kappa shape index (κ3) is 6.10. The molecule has 2 fully saturated rings. The van der Waals surface area contributed by atoms with Crippen LogP contribution in [0.5, 0.6) is 0 Å². The van der Waals surface area contributed by atoms with E-state index in [0.717, 1.165) is 55.0 Å². The van der Waals surface area contributed by atoms with Crippen LogP contribution in [0.2, 0.25) is 0 Å². The van der Waals surface area contributed by atoms with Gasteiger partial charge in [0.05, 0.1) is 12.7 Å². The zero-order valence-electron chi connectivity index (χ0n) is 24.4. The first-order valence-electron chi connectivity index (χ1n) is 16.5. The summed E-state index contributed by atoms with van der Waals surface area (Å²) in [5, 5.41) is 4.01. The van der Waals surface area contributed by atoms with Gasteiger partial charge in [-0.25, -0.2) is 0 Å². The molecule has 3 nitrogen and oxygen atoms in total. The standard InChI is InChI=1S/C36H53N3/c1-26-24-29(32-19-11-15-27-12-5-6-17-31(27)32)22-23-39(35-21-10-8-16-30(26)35)25-38-34-20-9-7-18-33(34)36(37)28-13-3-2-4-14-28/h2-4,6,10,13-14,17,21,26-27,29-32,35-36,38H,5,7-9,11-12,15-16,18-20,22-25,37H2,1H3. The normalized spacial score (nSPS) is 36.4. The maximum Gasteiger partial charge on any atom is 0.0680 e. The molecular formula is C36H53N3. The van der Waals surface area contributed by atoms with Crippen LogP contribution in [0.3, 0.4) is 0 Å². The third-order valence-electron chi connectivity index (χ3n) is 11.4. The van der Waals surface area contributed by atoms with Crippen LogP contribution >= 0.6 is 0 Å². The molecule has 0 bridgehead atoms. The van der Waals surface area contributed by atoms with Crippen molar-refractivity contribution in [3.05, 3.63) is 71.5 Å². The zero-order chi connectivity index (χ0) is 26.6. The molecule has 0 radical (unpaired) electrons. The lowest BCUT2D eigenvalue weighted by atomic mass is 9.61. The first-order valence-corrected chi connectivity index (χ1v) is 16.5. The number of likely N-dealkylation sites (tertiary alicyclic amines) is 1. The fraction of sp³-hybridized carbons (Fsp3) is 0.667. The Bertz CT molecular complexity index is 1020. The van der Waals surface area contributed by atoms with E-state index in [0.29, 0.717) is 6.04 Å². The lowest BCUT2D eigenvalue weighted by Crippen LogP contribution is -2.50. The van der Waals surface area contributed by atoms with Crippen LogP contribution in [0.4, 0.5) is 0 Å². The summed E-state index contributed by atoms with van der Waals surface area (Å²) in [6.07, 6.45) is 27.6. The molecular weight excluding hydrogens is 474 g/mol. The summed E-state index contributed by atoms with van der Waals surface area (Å²) in [6, 6.07) is 11.3. The minimum atomic E-state index is 0.0101. The van der Waals surface area contributed by atoms with Gasteiger partial charge < -0.3 is 11.1 Å². The number of benzene rings is 1. The van der Waals surface area contributed by atoms with Gasteiger partial charge in [-0.1, -0.05) is 68.0 Å². The van der Waals surface area contributed by atoms with E-state index in [-0.39, 0.29) is 6.04 Å². The van der Waals surface area contributed by atoms with Crippen molar-refractivity contribution in [3.8, 4) is 0 Å². The van der Waals surface area contributed by atoms with Crippen molar-refractivity contribution in [2.45, 2.75) is 102 Å². The highest BCUT2D eigenvalue weighted by atomic mass is 15.2. The molecule has 1 aromatic rings. The predicted molar refractivity (Wildman–Crippen MR) is 164 cm³/mol. The number of nitrogens with one attached hydrogen (secondary N) is 1. The van der Waals surface area contributed by atoms with Crippen molar-refractivity contribution in [2.75, 3.05) is 13.2 Å². The molecule has 1 saturated heterocycles. The molecule has 8 atom stereocenters. The highest BCUT2D eigenvalue weighted by Gasteiger charge is 2.41. The average molecular weight is 528 g/mol. The number of nitrogens with two attached hydrogens (primary N) is 1. The van der Waals surface area contributed by atoms with E-state index in [9.17, 15) is 0 Å². The molecule has 0 aromatic heterocycles. The Kier molecular flexibility index (Phi) is 8.95. The van der Waals surface area contributed by atoms with Crippen LogP contribution in [-0.2, 0) is 0 Å². The topological polar surface area (TPSA) is 41.3 Å². The number of nitrogens with zero attached hydrogens (tertiary/aromatic N) is 1. The van der Waals surface area contributed by atoms with Crippen LogP contribution in [0.25, 0.3) is 0 Å². The molecule has 5 aliphatic rings. The third-order valence-corrected chi connectivity index (χ3v) is 11.4. The summed E-state index contributed by atoms with van der Waals surface area (Å²) in [7, 11) is 0. The van der Waals surface area contributed by atoms with Crippen molar-refractivity contribution in [1.29, 1.82) is 0 Å². The summed E-state index contributed by atoms with van der Waals surface area (Å²) in [4.78, 5) is 2.83. The number of rotatable bonds is 6. The Balaban J connectivity index is 1.20. The molecule has 1 heterocycles. The van der Waals surface area contributed by atoms with Gasteiger partial charge in [-0.05, 0) is 124 Å². The summed E-state index contributed by atoms with van der Waals surface area (Å²) in [5.74, 6) is 5.19. The number of hydrogen-bond acceptors (Lipinski definition) is 3. The molecule has 3 N–H and O–H groups in total. The van der Waals surface area contributed by atoms with Crippen LogP contribution in [0.1, 0.15) is 102 Å². The SMILES string of the molecule is CC1CC(C2CCCC3CCC=CC32)CCN(CNC2=C(C(N)c3ccccc3)CCCC2)C2C=CCCC12. The van der Waals surface area contributed by atoms with Crippen LogP contribution in [-0.4, -0.2) is 24.2 Å². The number of hydrogen-bond donors (Lipinski definition) is 2. The summed E-state index contributed by atoms with van der Waals surface area (Å²) in [5.41, 5.74) is 11.0. The Morgan fingerprint density at radius 1 is 0.872 bits per heavy atom. The van der Waals surface area contributed by atoms with Crippen LogP contribution in [0.15, 0.2) is 65.9 Å². The van der Waals surface area contributed by atoms with Crippen molar-refractivity contribution < 1.29 is 0 Å². The van der Waals surface area contributed by atoms with E-state index < -0.39 is 0 Å². The van der Waals surface area contributed by atoms with Gasteiger partial charge in [0, 0.05) is 18.3 Å². The molecule has 1 aliphatic heterocycles. The highest BCUT2D eigenvalue weighted by molar-refractivity contribution is 5.31. The van der Waals surface area contributed by atoms with E-state index in [1.54, 1.807) is 0 Å². The van der Waals surface area contributed by atoms with Gasteiger partial charge in [0.15, 0.2) is 0 Å². The second-order valence-electron chi connectivity index (χ2n) is 13.6. The van der Waals surface area contributed by atoms with Gasteiger partial charge >= 0.3 is 0 Å². The Morgan fingerprint density at radius 2 is 1.69 bits per heavy atom. The molecule has 6 rings (SSSR count). The molecule has 39 heavy (non-hydrogen) atoms. The molecule has 4 aliphatic carbocycles. The summed E-state index contributed by atoms with van der Waals surface area (Å²) in [6.45, 7) is 4.78. The molecule has 212 valence electrons. The van der Waals surface area contributed by atoms with Gasteiger partial charge in [0.2, 0.25) is 0 Å². The maximum atomic E-state index is 6.87. The van der Waals surface area contributed by atoms with Crippen LogP contribution < -0.4 is 11.1 Å². The first-order chi connectivity index (χ1) is 19.2. The minimum absolute atomic E-state index is 0.0101. The average Bonchev–Trinajstić information content (AvgIpc) is 2.99. The Morgan fingerprint density at radius 3 is 2.59 bits per heavy atom. The van der Waals surface area contributed by atoms with E-state index in [1.165, 1.54) is 94.0 Å². The molecule has 0 amide bonds. The lowest BCUT2D eigenvalue weighted by molar-refractivity contribution is 0.0408. The molecule has 0 spiro atoms. The van der Waals surface area contributed by atoms with Gasteiger partial charge in [-0.2, -0.15) is 0 Å². The molecule has 3 heteroatoms. The van der Waals surface area contributed by atoms with Crippen molar-refractivity contribution in [1.82, 2.24) is 10.2 Å². The zero-order valence-corrected chi connectivity index (χ0v) is 24.4. The number of allylic oxidation sites excluding steroid dienone is 4. The van der Waals surface area contributed by atoms with E-state index >= 15 is 0 Å². The van der Waals surface area contributed by atoms with E-state index in [2.05, 4.69) is 71.8 Å². The second-order valence-corrected chi connectivity index (χ2v) is 13.6. The molecule has 8 unspecified atom stereocenters. The minimum Gasteiger partial charge on any atom is -0.376 e. The fourth-order valence-corrected chi connectivity index (χ4v) is 9.31. The van der Waals surface area contributed by atoms with Gasteiger partial charge in [0.1, 0.15) is 0 Å². The quantitative estimate of drug-likeness (QED) is 0.367. The van der Waals surface area contributed by atoms with Crippen LogP contribution in [0, 0.1) is 35.5 Å². The summed E-state index contributed by atoms with van der Waals surface area (Å²) < 4.78 is 0. The molecule has 1 saturated carbocycles. The monoisotopic (exact) mass is 527 g/mol. The molecule has 1 aromatic carbocycles. The van der Waals surface area contributed by atoms with Gasteiger partial charge in [-0.15, -0.1) is 0 Å². The van der Waals surface area contributed by atoms with Crippen molar-refractivity contribution in [3.63, 3.8) is 0 Å². The highest BCUT2D eigenvalue weighted by Crippen LogP contribution is 2.48. The van der Waals surface area contributed by atoms with Gasteiger partial charge in [0.25, 0.3) is 0 Å². The Labute approximate surface area is 238 Å². The Hall–Kier alpha value is -1.84. The summed E-state index contributed by atoms with van der Waals surface area (Å²) >= 11 is 0. The van der Waals surface area contributed by atoms with E-state index in [4.69, 9.17) is 5.73 Å². The fourth-order valence-electron chi connectivity index (χ4n) is 9.31. The van der Waals surface area contributed by atoms with Crippen molar-refractivity contribution in [2.24, 2.45) is 41.2 Å². The second kappa shape index (κ2) is 12.8. The van der Waals surface area contributed by atoms with Crippen molar-refractivity contribution >= 4 is 0 Å². The smallest absolute Gasteiger partial charge is 0.0680 e. The number of fused-ring (bicyclic) bond motifs is 2. The van der Waals surface area contributed by atoms with Gasteiger partial charge in [-0.3, -0.25) is 4.90 Å².